The summed E-state index contributed by atoms with van der Waals surface area (Å²) in [5.74, 6) is -0.574. The molecule has 0 bridgehead atoms. The highest BCUT2D eigenvalue weighted by molar-refractivity contribution is 6.11. The zero-order valence-corrected chi connectivity index (χ0v) is 24.2. The number of nitrogens with zero attached hydrogens (tertiary/aromatic N) is 3. The molecule has 5 rings (SSSR count). The molecule has 234 valence electrons. The van der Waals surface area contributed by atoms with E-state index in [0.29, 0.717) is 43.0 Å². The maximum absolute atomic E-state index is 14.3. The van der Waals surface area contributed by atoms with E-state index in [-0.39, 0.29) is 25.0 Å². The van der Waals surface area contributed by atoms with Gasteiger partial charge in [-0.3, -0.25) is 9.69 Å². The van der Waals surface area contributed by atoms with Gasteiger partial charge < -0.3 is 15.3 Å². The van der Waals surface area contributed by atoms with Crippen LogP contribution in [0.25, 0.3) is 0 Å². The lowest BCUT2D eigenvalue weighted by molar-refractivity contribution is -0.137. The van der Waals surface area contributed by atoms with Crippen molar-refractivity contribution in [2.24, 2.45) is 4.99 Å². The van der Waals surface area contributed by atoms with Crippen LogP contribution in [0, 0.1) is 11.6 Å². The van der Waals surface area contributed by atoms with Gasteiger partial charge in [-0.05, 0) is 97.9 Å². The first kappa shape index (κ1) is 31.7. The Morgan fingerprint density at radius 1 is 0.864 bits per heavy atom. The van der Waals surface area contributed by atoms with Crippen LogP contribution in [-0.2, 0) is 16.5 Å². The minimum absolute atomic E-state index is 0.0925. The lowest BCUT2D eigenvalue weighted by Crippen LogP contribution is -2.45. The van der Waals surface area contributed by atoms with Gasteiger partial charge in [-0.25, -0.2) is 13.8 Å². The summed E-state index contributed by atoms with van der Waals surface area (Å²) in [6, 6.07) is 16.6. The molecule has 2 aliphatic heterocycles. The molecule has 44 heavy (non-hydrogen) atoms. The van der Waals surface area contributed by atoms with Crippen molar-refractivity contribution < 1.29 is 31.9 Å². The molecule has 3 aromatic rings. The van der Waals surface area contributed by atoms with Crippen LogP contribution < -0.4 is 5.32 Å². The van der Waals surface area contributed by atoms with Crippen molar-refractivity contribution in [2.75, 3.05) is 45.9 Å². The number of halogens is 5. The quantitative estimate of drug-likeness (QED) is 0.227. The van der Waals surface area contributed by atoms with Gasteiger partial charge in [0.2, 0.25) is 0 Å². The monoisotopic (exact) mass is 614 g/mol. The Morgan fingerprint density at radius 2 is 1.43 bits per heavy atom. The summed E-state index contributed by atoms with van der Waals surface area (Å²) in [5.41, 5.74) is -0.328. The predicted octanol–water partition coefficient (Wildman–Crippen LogP) is 5.32. The number of rotatable bonds is 11. The lowest BCUT2D eigenvalue weighted by atomic mass is 9.82. The van der Waals surface area contributed by atoms with E-state index in [4.69, 9.17) is 4.99 Å². The van der Waals surface area contributed by atoms with Crippen LogP contribution in [0.4, 0.5) is 22.0 Å². The Bertz CT molecular complexity index is 1390. The van der Waals surface area contributed by atoms with Gasteiger partial charge in [0.1, 0.15) is 17.5 Å². The van der Waals surface area contributed by atoms with Crippen LogP contribution in [0.15, 0.2) is 77.8 Å². The maximum atomic E-state index is 14.3. The molecule has 2 N–H and O–H groups in total. The molecule has 0 atom stereocenters. The summed E-state index contributed by atoms with van der Waals surface area (Å²) < 4.78 is 66.5. The molecule has 0 unspecified atom stereocenters. The van der Waals surface area contributed by atoms with Gasteiger partial charge in [-0.2, -0.15) is 13.2 Å². The Balaban J connectivity index is 1.28. The Kier molecular flexibility index (Phi) is 9.77. The summed E-state index contributed by atoms with van der Waals surface area (Å²) in [6.07, 6.45) is -2.07. The second-order valence-electron chi connectivity index (χ2n) is 11.2. The van der Waals surface area contributed by atoms with Crippen molar-refractivity contribution in [3.05, 3.63) is 107 Å². The fraction of sp³-hybridized carbons (Fsp3) is 0.394. The highest BCUT2D eigenvalue weighted by Crippen LogP contribution is 2.40. The summed E-state index contributed by atoms with van der Waals surface area (Å²) in [6.45, 7) is 3.07. The largest absolute Gasteiger partial charge is 0.416 e. The number of benzene rings is 3. The minimum Gasteiger partial charge on any atom is -0.395 e. The highest BCUT2D eigenvalue weighted by atomic mass is 19.4. The van der Waals surface area contributed by atoms with Crippen LogP contribution in [0.5, 0.6) is 0 Å². The third-order valence-corrected chi connectivity index (χ3v) is 8.41. The topological polar surface area (TPSA) is 68.2 Å². The third kappa shape index (κ3) is 6.85. The van der Waals surface area contributed by atoms with Crippen molar-refractivity contribution in [1.82, 2.24) is 15.1 Å². The molecule has 1 fully saturated rings. The van der Waals surface area contributed by atoms with Gasteiger partial charge in [-0.1, -0.05) is 36.4 Å². The van der Waals surface area contributed by atoms with Crippen LogP contribution in [0.1, 0.15) is 47.4 Å². The van der Waals surface area contributed by atoms with Gasteiger partial charge in [0.25, 0.3) is 5.91 Å². The van der Waals surface area contributed by atoms with Crippen molar-refractivity contribution in [3.63, 3.8) is 0 Å². The van der Waals surface area contributed by atoms with E-state index in [2.05, 4.69) is 10.2 Å². The predicted molar refractivity (Wildman–Crippen MR) is 157 cm³/mol. The van der Waals surface area contributed by atoms with Crippen LogP contribution in [-0.4, -0.2) is 72.5 Å². The number of carbonyl (C=O) groups excluding carboxylic acids is 1. The number of hydrogen-bond donors (Lipinski definition) is 2. The molecule has 2 heterocycles. The smallest absolute Gasteiger partial charge is 0.395 e. The second kappa shape index (κ2) is 13.5. The number of piperidine rings is 1. The van der Waals surface area contributed by atoms with Gasteiger partial charge in [0.15, 0.2) is 5.54 Å². The molecule has 2 aliphatic rings. The standard InChI is InChI=1S/C33H35F5N4O2/c34-28-10-6-25(7-11-28)32(26-8-12-29(35)13-9-26)31(44)42(30(40-32)22-39-16-21-43)18-1-17-41-19-14-24(15-20-41)23-2-4-27(5-3-23)33(36,37)38/h2-13,24,39,43H,1,14-22H2. The maximum Gasteiger partial charge on any atom is 0.416 e. The number of amidine groups is 1. The SMILES string of the molecule is O=C1N(CCCN2CCC(c3ccc(C(F)(F)F)cc3)CC2)C(CNCCO)=NC1(c1ccc(F)cc1)c1ccc(F)cc1. The third-order valence-electron chi connectivity index (χ3n) is 8.41. The van der Waals surface area contributed by atoms with Crippen LogP contribution in [0.2, 0.25) is 0 Å². The molecule has 0 aliphatic carbocycles. The molecular weight excluding hydrogens is 579 g/mol. The van der Waals surface area contributed by atoms with Crippen molar-refractivity contribution in [1.29, 1.82) is 0 Å². The number of likely N-dealkylation sites (tertiary alicyclic amines) is 1. The summed E-state index contributed by atoms with van der Waals surface area (Å²) >= 11 is 0. The van der Waals surface area contributed by atoms with E-state index in [1.54, 1.807) is 17.0 Å². The van der Waals surface area contributed by atoms with Gasteiger partial charge in [0.05, 0.1) is 18.7 Å². The molecule has 0 aromatic heterocycles. The first-order chi connectivity index (χ1) is 21.1. The van der Waals surface area contributed by atoms with Crippen molar-refractivity contribution in [2.45, 2.75) is 36.9 Å². The van der Waals surface area contributed by atoms with Crippen molar-refractivity contribution in [3.8, 4) is 0 Å². The van der Waals surface area contributed by atoms with E-state index in [9.17, 15) is 31.9 Å². The number of nitrogens with one attached hydrogen (secondary N) is 1. The van der Waals surface area contributed by atoms with Crippen LogP contribution in [0.3, 0.4) is 0 Å². The van der Waals surface area contributed by atoms with Crippen molar-refractivity contribution >= 4 is 11.7 Å². The average Bonchev–Trinajstić information content (AvgIpc) is 3.29. The molecule has 11 heteroatoms. The normalized spacial score (nSPS) is 17.7. The molecule has 0 saturated carbocycles. The summed E-state index contributed by atoms with van der Waals surface area (Å²) in [7, 11) is 0. The fourth-order valence-corrected chi connectivity index (χ4v) is 6.07. The van der Waals surface area contributed by atoms with E-state index in [0.717, 1.165) is 43.6 Å². The first-order valence-electron chi connectivity index (χ1n) is 14.8. The summed E-state index contributed by atoms with van der Waals surface area (Å²) in [4.78, 5) is 23.1. The minimum atomic E-state index is -4.35. The highest BCUT2D eigenvalue weighted by Gasteiger charge is 2.50. The number of aliphatic hydroxyl groups is 1. The van der Waals surface area contributed by atoms with Gasteiger partial charge in [0, 0.05) is 13.1 Å². The molecule has 1 saturated heterocycles. The van der Waals surface area contributed by atoms with E-state index < -0.39 is 28.9 Å². The molecule has 0 radical (unpaired) electrons. The Labute approximate surface area is 253 Å². The Morgan fingerprint density at radius 3 is 1.95 bits per heavy atom. The average molecular weight is 615 g/mol. The first-order valence-corrected chi connectivity index (χ1v) is 14.8. The summed E-state index contributed by atoms with van der Waals surface area (Å²) in [5, 5.41) is 12.4. The second-order valence-corrected chi connectivity index (χ2v) is 11.2. The Hall–Kier alpha value is -3.67. The number of aliphatic imine (C=N–C) groups is 1. The molecule has 0 spiro atoms. The number of aliphatic hydroxyl groups excluding tert-OH is 1. The number of hydrogen-bond acceptors (Lipinski definition) is 5. The van der Waals surface area contributed by atoms with E-state index in [1.807, 2.05) is 0 Å². The number of carbonyl (C=O) groups is 1. The number of amides is 1. The van der Waals surface area contributed by atoms with Gasteiger partial charge in [-0.15, -0.1) is 0 Å². The zero-order valence-electron chi connectivity index (χ0n) is 24.2. The van der Waals surface area contributed by atoms with Crippen LogP contribution >= 0.6 is 0 Å². The van der Waals surface area contributed by atoms with E-state index >= 15 is 0 Å². The zero-order chi connectivity index (χ0) is 31.3. The molecular formula is C33H35F5N4O2. The van der Waals surface area contributed by atoms with Gasteiger partial charge >= 0.3 is 6.18 Å². The molecule has 3 aromatic carbocycles. The van der Waals surface area contributed by atoms with E-state index in [1.165, 1.54) is 48.5 Å². The molecule has 1 amide bonds. The molecule has 6 nitrogen and oxygen atoms in total. The number of alkyl halides is 3. The fourth-order valence-electron chi connectivity index (χ4n) is 6.07. The lowest BCUT2D eigenvalue weighted by Gasteiger charge is -2.33.